The van der Waals surface area contributed by atoms with E-state index in [1.54, 1.807) is 25.1 Å². The van der Waals surface area contributed by atoms with Crippen LogP contribution in [0.15, 0.2) is 18.2 Å². The largest absolute Gasteiger partial charge is 0.462 e. The summed E-state index contributed by atoms with van der Waals surface area (Å²) >= 11 is 0. The Labute approximate surface area is 77.5 Å². The molecule has 0 aliphatic heterocycles. The van der Waals surface area contributed by atoms with E-state index in [1.165, 1.54) is 0 Å². The van der Waals surface area contributed by atoms with Gasteiger partial charge < -0.3 is 10.5 Å². The van der Waals surface area contributed by atoms with Gasteiger partial charge in [0.2, 0.25) is 0 Å². The molecule has 2 N–H and O–H groups in total. The summed E-state index contributed by atoms with van der Waals surface area (Å²) in [4.78, 5) is 11.2. The number of esters is 1. The summed E-state index contributed by atoms with van der Waals surface area (Å²) in [5.41, 5.74) is 6.81. The van der Waals surface area contributed by atoms with Gasteiger partial charge in [0, 0.05) is 6.54 Å². The molecular weight excluding hydrogens is 166 g/mol. The molecule has 0 spiro atoms. The molecule has 1 aromatic rings. The van der Waals surface area contributed by atoms with Gasteiger partial charge in [-0.1, -0.05) is 0 Å². The quantitative estimate of drug-likeness (QED) is 0.706. The van der Waals surface area contributed by atoms with Crippen molar-refractivity contribution in [2.45, 2.75) is 13.5 Å². The fraction of sp³-hybridized carbons (Fsp3) is 0.300. The van der Waals surface area contributed by atoms with E-state index in [1.807, 2.05) is 0 Å². The van der Waals surface area contributed by atoms with Crippen LogP contribution in [-0.4, -0.2) is 12.6 Å². The highest BCUT2D eigenvalue weighted by molar-refractivity contribution is 5.89. The Morgan fingerprint density at radius 2 is 2.38 bits per heavy atom. The van der Waals surface area contributed by atoms with E-state index in [4.69, 9.17) is 10.5 Å². The molecule has 0 aliphatic carbocycles. The van der Waals surface area contributed by atoms with Crippen molar-refractivity contribution < 1.29 is 9.53 Å². The van der Waals surface area contributed by atoms with E-state index >= 15 is 0 Å². The fourth-order valence-corrected chi connectivity index (χ4v) is 0.972. The molecule has 1 rings (SSSR count). The van der Waals surface area contributed by atoms with Crippen LogP contribution in [-0.2, 0) is 11.3 Å². The molecule has 13 heavy (non-hydrogen) atoms. The van der Waals surface area contributed by atoms with Gasteiger partial charge in [-0.25, -0.2) is 4.79 Å². The molecule has 69 valence electrons. The SMILES string of the molecule is CCOC(=O)c1c[c]cc(CN)c1. The first-order chi connectivity index (χ1) is 6.27. The number of rotatable bonds is 3. The standard InChI is InChI=1S/C10H12NO2/c1-2-13-10(12)9-5-3-4-8(6-9)7-11/h4-6H,2,7,11H2,1H3. The Bertz CT molecular complexity index is 297. The number of carbonyl (C=O) groups excluding carboxylic acids is 1. The normalized spacial score (nSPS) is 9.69. The van der Waals surface area contributed by atoms with Crippen molar-refractivity contribution in [3.05, 3.63) is 35.4 Å². The van der Waals surface area contributed by atoms with Crippen molar-refractivity contribution in [2.24, 2.45) is 5.73 Å². The van der Waals surface area contributed by atoms with Gasteiger partial charge in [0.05, 0.1) is 12.2 Å². The summed E-state index contributed by atoms with van der Waals surface area (Å²) in [7, 11) is 0. The molecule has 0 fully saturated rings. The second-order valence-electron chi connectivity index (χ2n) is 2.55. The minimum Gasteiger partial charge on any atom is -0.462 e. The van der Waals surface area contributed by atoms with Crippen LogP contribution in [0.4, 0.5) is 0 Å². The second kappa shape index (κ2) is 4.62. The zero-order valence-electron chi connectivity index (χ0n) is 7.54. The third-order valence-electron chi connectivity index (χ3n) is 1.60. The summed E-state index contributed by atoms with van der Waals surface area (Å²) in [6.45, 7) is 2.56. The molecule has 0 atom stereocenters. The first-order valence-electron chi connectivity index (χ1n) is 4.15. The highest BCUT2D eigenvalue weighted by Crippen LogP contribution is 2.05. The van der Waals surface area contributed by atoms with Crippen molar-refractivity contribution in [1.29, 1.82) is 0 Å². The lowest BCUT2D eigenvalue weighted by atomic mass is 10.1. The van der Waals surface area contributed by atoms with Crippen LogP contribution in [0.5, 0.6) is 0 Å². The van der Waals surface area contributed by atoms with Crippen LogP contribution >= 0.6 is 0 Å². The predicted octanol–water partition coefficient (Wildman–Crippen LogP) is 1.12. The zero-order chi connectivity index (χ0) is 9.68. The van der Waals surface area contributed by atoms with Crippen LogP contribution < -0.4 is 5.73 Å². The molecule has 0 bridgehead atoms. The van der Waals surface area contributed by atoms with E-state index < -0.39 is 0 Å². The summed E-state index contributed by atoms with van der Waals surface area (Å²) in [5, 5.41) is 0. The van der Waals surface area contributed by atoms with Crippen molar-refractivity contribution in [3.63, 3.8) is 0 Å². The average molecular weight is 178 g/mol. The zero-order valence-corrected chi connectivity index (χ0v) is 7.54. The van der Waals surface area contributed by atoms with Gasteiger partial charge in [-0.05, 0) is 36.8 Å². The first-order valence-corrected chi connectivity index (χ1v) is 4.15. The van der Waals surface area contributed by atoms with Crippen LogP contribution in [0.1, 0.15) is 22.8 Å². The average Bonchev–Trinajstić information content (AvgIpc) is 2.18. The van der Waals surface area contributed by atoms with E-state index in [0.717, 1.165) is 5.56 Å². The number of nitrogens with two attached hydrogens (primary N) is 1. The number of benzene rings is 1. The molecule has 3 nitrogen and oxygen atoms in total. The monoisotopic (exact) mass is 178 g/mol. The maximum atomic E-state index is 11.2. The fourth-order valence-electron chi connectivity index (χ4n) is 0.972. The topological polar surface area (TPSA) is 52.3 Å². The summed E-state index contributed by atoms with van der Waals surface area (Å²) in [6, 6.07) is 7.90. The predicted molar refractivity (Wildman–Crippen MR) is 49.1 cm³/mol. The maximum Gasteiger partial charge on any atom is 0.338 e. The van der Waals surface area contributed by atoms with E-state index in [9.17, 15) is 4.79 Å². The molecule has 0 aromatic heterocycles. The molecule has 0 saturated heterocycles. The molecule has 0 amide bonds. The van der Waals surface area contributed by atoms with Crippen LogP contribution in [0.2, 0.25) is 0 Å². The molecular formula is C10H12NO2. The van der Waals surface area contributed by atoms with Gasteiger partial charge in [0.15, 0.2) is 0 Å². The Morgan fingerprint density at radius 1 is 1.62 bits per heavy atom. The van der Waals surface area contributed by atoms with Gasteiger partial charge >= 0.3 is 5.97 Å². The smallest absolute Gasteiger partial charge is 0.338 e. The van der Waals surface area contributed by atoms with Crippen molar-refractivity contribution in [3.8, 4) is 0 Å². The number of carbonyl (C=O) groups is 1. The van der Waals surface area contributed by atoms with Gasteiger partial charge in [-0.3, -0.25) is 0 Å². The van der Waals surface area contributed by atoms with Crippen molar-refractivity contribution in [2.75, 3.05) is 6.61 Å². The van der Waals surface area contributed by atoms with Crippen molar-refractivity contribution in [1.82, 2.24) is 0 Å². The highest BCUT2D eigenvalue weighted by Gasteiger charge is 2.05. The number of ether oxygens (including phenoxy) is 1. The highest BCUT2D eigenvalue weighted by atomic mass is 16.5. The molecule has 1 radical (unpaired) electrons. The molecule has 0 unspecified atom stereocenters. The Morgan fingerprint density at radius 3 is 3.00 bits per heavy atom. The number of hydrogen-bond acceptors (Lipinski definition) is 3. The first kappa shape index (κ1) is 9.74. The maximum absolute atomic E-state index is 11.2. The van der Waals surface area contributed by atoms with Crippen LogP contribution in [0, 0.1) is 6.07 Å². The Balaban J connectivity index is 2.82. The van der Waals surface area contributed by atoms with Crippen LogP contribution in [0.25, 0.3) is 0 Å². The minimum absolute atomic E-state index is 0.325. The van der Waals surface area contributed by atoms with Gasteiger partial charge in [-0.15, -0.1) is 0 Å². The molecule has 1 aromatic carbocycles. The van der Waals surface area contributed by atoms with E-state index in [-0.39, 0.29) is 5.97 Å². The van der Waals surface area contributed by atoms with Crippen LogP contribution in [0.3, 0.4) is 0 Å². The van der Waals surface area contributed by atoms with E-state index in [2.05, 4.69) is 6.07 Å². The van der Waals surface area contributed by atoms with Gasteiger partial charge in [0.1, 0.15) is 0 Å². The molecule has 0 saturated carbocycles. The number of hydrogen-bond donors (Lipinski definition) is 1. The Kier molecular flexibility index (Phi) is 3.46. The molecule has 3 heteroatoms. The van der Waals surface area contributed by atoms with Gasteiger partial charge in [-0.2, -0.15) is 0 Å². The van der Waals surface area contributed by atoms with Crippen molar-refractivity contribution >= 4 is 5.97 Å². The molecule has 0 aliphatic rings. The summed E-state index contributed by atoms with van der Waals surface area (Å²) < 4.78 is 4.83. The summed E-state index contributed by atoms with van der Waals surface area (Å²) in [5.74, 6) is -0.325. The second-order valence-corrected chi connectivity index (χ2v) is 2.55. The lowest BCUT2D eigenvalue weighted by Gasteiger charge is -2.02. The third kappa shape index (κ3) is 2.56. The minimum atomic E-state index is -0.325. The molecule has 0 heterocycles. The Hall–Kier alpha value is -1.35. The summed E-state index contributed by atoms with van der Waals surface area (Å²) in [6.07, 6.45) is 0. The van der Waals surface area contributed by atoms with Gasteiger partial charge in [0.25, 0.3) is 0 Å². The van der Waals surface area contributed by atoms with E-state index in [0.29, 0.717) is 18.7 Å². The third-order valence-corrected chi connectivity index (χ3v) is 1.60. The lowest BCUT2D eigenvalue weighted by Crippen LogP contribution is -2.06. The lowest BCUT2D eigenvalue weighted by molar-refractivity contribution is 0.0526.